The molecule has 0 aliphatic carbocycles. The third-order valence-electron chi connectivity index (χ3n) is 2.53. The summed E-state index contributed by atoms with van der Waals surface area (Å²) in [7, 11) is 0. The number of hydrogen-bond donors (Lipinski definition) is 3. The van der Waals surface area contributed by atoms with Gasteiger partial charge in [0.05, 0.1) is 16.9 Å². The smallest absolute Gasteiger partial charge is 0.354 e. The number of aromatic nitrogens is 2. The number of pyridine rings is 1. The Bertz CT molecular complexity index is 639. The second-order valence-electron chi connectivity index (χ2n) is 4.25. The lowest BCUT2D eigenvalue weighted by atomic mass is 10.3. The summed E-state index contributed by atoms with van der Waals surface area (Å²) in [6.45, 7) is 2.40. The SMILES string of the molecule is Cc1csc(CCNC(=O)Nc2ccc(C(=O)O)nc2)n1. The van der Waals surface area contributed by atoms with Gasteiger partial charge >= 0.3 is 12.0 Å². The zero-order chi connectivity index (χ0) is 15.2. The maximum absolute atomic E-state index is 11.6. The van der Waals surface area contributed by atoms with E-state index in [9.17, 15) is 9.59 Å². The number of carbonyl (C=O) groups is 2. The lowest BCUT2D eigenvalue weighted by Gasteiger charge is -2.06. The van der Waals surface area contributed by atoms with Crippen LogP contribution in [-0.2, 0) is 6.42 Å². The van der Waals surface area contributed by atoms with Gasteiger partial charge in [-0.25, -0.2) is 19.6 Å². The zero-order valence-corrected chi connectivity index (χ0v) is 12.1. The van der Waals surface area contributed by atoms with Crippen LogP contribution >= 0.6 is 11.3 Å². The first-order valence-electron chi connectivity index (χ1n) is 6.20. The van der Waals surface area contributed by atoms with Crippen molar-refractivity contribution in [2.45, 2.75) is 13.3 Å². The number of rotatable bonds is 5. The molecule has 2 heterocycles. The first kappa shape index (κ1) is 14.9. The van der Waals surface area contributed by atoms with E-state index in [1.165, 1.54) is 18.3 Å². The predicted molar refractivity (Wildman–Crippen MR) is 78.8 cm³/mol. The van der Waals surface area contributed by atoms with E-state index in [0.29, 0.717) is 18.7 Å². The Morgan fingerprint density at radius 2 is 2.19 bits per heavy atom. The molecule has 8 heteroatoms. The highest BCUT2D eigenvalue weighted by molar-refractivity contribution is 7.09. The highest BCUT2D eigenvalue weighted by atomic mass is 32.1. The Kier molecular flexibility index (Phi) is 4.83. The minimum absolute atomic E-state index is 0.0694. The predicted octanol–water partition coefficient (Wildman–Crippen LogP) is 1.91. The highest BCUT2D eigenvalue weighted by Crippen LogP contribution is 2.09. The molecule has 0 unspecified atom stereocenters. The van der Waals surface area contributed by atoms with E-state index in [2.05, 4.69) is 20.6 Å². The van der Waals surface area contributed by atoms with E-state index in [1.54, 1.807) is 11.3 Å². The van der Waals surface area contributed by atoms with E-state index < -0.39 is 5.97 Å². The molecule has 0 radical (unpaired) electrons. The molecular weight excluding hydrogens is 292 g/mol. The molecule has 0 aromatic carbocycles. The van der Waals surface area contributed by atoms with Crippen molar-refractivity contribution < 1.29 is 14.7 Å². The Morgan fingerprint density at radius 1 is 1.38 bits per heavy atom. The molecular formula is C13H14N4O3S. The van der Waals surface area contributed by atoms with Gasteiger partial charge in [0.2, 0.25) is 0 Å². The first-order valence-corrected chi connectivity index (χ1v) is 7.08. The minimum atomic E-state index is -1.11. The van der Waals surface area contributed by atoms with Gasteiger partial charge in [-0.3, -0.25) is 0 Å². The van der Waals surface area contributed by atoms with Crippen LogP contribution in [0.5, 0.6) is 0 Å². The van der Waals surface area contributed by atoms with Crippen molar-refractivity contribution in [3.8, 4) is 0 Å². The molecule has 0 bridgehead atoms. The summed E-state index contributed by atoms with van der Waals surface area (Å²) in [5, 5.41) is 16.9. The number of carboxylic acid groups (broad SMARTS) is 1. The monoisotopic (exact) mass is 306 g/mol. The van der Waals surface area contributed by atoms with E-state index in [-0.39, 0.29) is 11.7 Å². The number of nitrogens with one attached hydrogen (secondary N) is 2. The fourth-order valence-electron chi connectivity index (χ4n) is 1.57. The number of anilines is 1. The number of hydrogen-bond acceptors (Lipinski definition) is 5. The van der Waals surface area contributed by atoms with Crippen LogP contribution in [0.25, 0.3) is 0 Å². The highest BCUT2D eigenvalue weighted by Gasteiger charge is 2.06. The lowest BCUT2D eigenvalue weighted by molar-refractivity contribution is 0.0690. The molecule has 3 N–H and O–H groups in total. The number of thiazole rings is 1. The van der Waals surface area contributed by atoms with Crippen molar-refractivity contribution >= 4 is 29.0 Å². The summed E-state index contributed by atoms with van der Waals surface area (Å²) in [6, 6.07) is 2.45. The van der Waals surface area contributed by atoms with Gasteiger partial charge in [-0.2, -0.15) is 0 Å². The molecule has 0 aliphatic rings. The average molecular weight is 306 g/mol. The molecule has 0 saturated carbocycles. The summed E-state index contributed by atoms with van der Waals surface area (Å²) in [5.41, 5.74) is 1.34. The maximum Gasteiger partial charge on any atom is 0.354 e. The molecule has 0 saturated heterocycles. The fourth-order valence-corrected chi connectivity index (χ4v) is 2.35. The topological polar surface area (TPSA) is 104 Å². The minimum Gasteiger partial charge on any atom is -0.477 e. The van der Waals surface area contributed by atoms with Crippen molar-refractivity contribution in [2.75, 3.05) is 11.9 Å². The molecule has 0 atom stereocenters. The van der Waals surface area contributed by atoms with Gasteiger partial charge in [0.15, 0.2) is 0 Å². The molecule has 21 heavy (non-hydrogen) atoms. The summed E-state index contributed by atoms with van der Waals surface area (Å²) < 4.78 is 0. The number of aryl methyl sites for hydroxylation is 1. The van der Waals surface area contributed by atoms with E-state index >= 15 is 0 Å². The normalized spacial score (nSPS) is 10.1. The van der Waals surface area contributed by atoms with Crippen molar-refractivity contribution in [3.05, 3.63) is 40.1 Å². The van der Waals surface area contributed by atoms with Gasteiger partial charge in [0.25, 0.3) is 0 Å². The molecule has 7 nitrogen and oxygen atoms in total. The number of carbonyl (C=O) groups excluding carboxylic acids is 1. The lowest BCUT2D eigenvalue weighted by Crippen LogP contribution is -2.30. The summed E-state index contributed by atoms with van der Waals surface area (Å²) in [5.74, 6) is -1.11. The molecule has 110 valence electrons. The van der Waals surface area contributed by atoms with Crippen molar-refractivity contribution in [2.24, 2.45) is 0 Å². The average Bonchev–Trinajstić information content (AvgIpc) is 2.85. The van der Waals surface area contributed by atoms with Gasteiger partial charge in [-0.1, -0.05) is 0 Å². The van der Waals surface area contributed by atoms with Crippen LogP contribution in [0, 0.1) is 6.92 Å². The van der Waals surface area contributed by atoms with Crippen LogP contribution in [0.4, 0.5) is 10.5 Å². The third-order valence-corrected chi connectivity index (χ3v) is 3.56. The van der Waals surface area contributed by atoms with Crippen LogP contribution in [-0.4, -0.2) is 33.6 Å². The standard InChI is InChI=1S/C13H14N4O3S/c1-8-7-21-11(16-8)4-5-14-13(20)17-9-2-3-10(12(18)19)15-6-9/h2-3,6-7H,4-5H2,1H3,(H,18,19)(H2,14,17,20). The van der Waals surface area contributed by atoms with Crippen LogP contribution < -0.4 is 10.6 Å². The van der Waals surface area contributed by atoms with Crippen LogP contribution in [0.1, 0.15) is 21.2 Å². The van der Waals surface area contributed by atoms with Crippen molar-refractivity contribution in [3.63, 3.8) is 0 Å². The Balaban J connectivity index is 1.77. The van der Waals surface area contributed by atoms with Gasteiger partial charge < -0.3 is 15.7 Å². The quantitative estimate of drug-likeness (QED) is 0.782. The molecule has 0 fully saturated rings. The van der Waals surface area contributed by atoms with Crippen molar-refractivity contribution in [1.29, 1.82) is 0 Å². The number of aromatic carboxylic acids is 1. The Hall–Kier alpha value is -2.48. The van der Waals surface area contributed by atoms with E-state index in [1.807, 2.05) is 12.3 Å². The van der Waals surface area contributed by atoms with E-state index in [0.717, 1.165) is 10.7 Å². The van der Waals surface area contributed by atoms with E-state index in [4.69, 9.17) is 5.11 Å². The summed E-state index contributed by atoms with van der Waals surface area (Å²) >= 11 is 1.56. The maximum atomic E-state index is 11.6. The zero-order valence-electron chi connectivity index (χ0n) is 11.3. The number of carboxylic acids is 1. The summed E-state index contributed by atoms with van der Waals surface area (Å²) in [4.78, 5) is 30.3. The first-order chi connectivity index (χ1) is 10.0. The van der Waals surface area contributed by atoms with Gasteiger partial charge in [-0.15, -0.1) is 11.3 Å². The molecule has 2 rings (SSSR count). The number of nitrogens with zero attached hydrogens (tertiary/aromatic N) is 2. The van der Waals surface area contributed by atoms with Gasteiger partial charge in [0, 0.05) is 24.0 Å². The van der Waals surface area contributed by atoms with Gasteiger partial charge in [-0.05, 0) is 19.1 Å². The number of amides is 2. The summed E-state index contributed by atoms with van der Waals surface area (Å²) in [6.07, 6.45) is 1.97. The fraction of sp³-hybridized carbons (Fsp3) is 0.231. The third kappa shape index (κ3) is 4.53. The molecule has 0 spiro atoms. The largest absolute Gasteiger partial charge is 0.477 e. The molecule has 2 aromatic heterocycles. The Morgan fingerprint density at radius 3 is 2.76 bits per heavy atom. The Labute approximate surface area is 125 Å². The second-order valence-corrected chi connectivity index (χ2v) is 5.19. The molecule has 2 amide bonds. The molecule has 2 aromatic rings. The van der Waals surface area contributed by atoms with Crippen molar-refractivity contribution in [1.82, 2.24) is 15.3 Å². The van der Waals surface area contributed by atoms with Crippen LogP contribution in [0.3, 0.4) is 0 Å². The van der Waals surface area contributed by atoms with Crippen LogP contribution in [0.15, 0.2) is 23.7 Å². The number of urea groups is 1. The van der Waals surface area contributed by atoms with Gasteiger partial charge in [0.1, 0.15) is 5.69 Å². The second kappa shape index (κ2) is 6.80. The molecule has 0 aliphatic heterocycles. The van der Waals surface area contributed by atoms with Crippen LogP contribution in [0.2, 0.25) is 0 Å².